The van der Waals surface area contributed by atoms with Crippen LogP contribution in [0, 0.1) is 5.92 Å². The van der Waals surface area contributed by atoms with E-state index in [1.807, 2.05) is 18.2 Å². The lowest BCUT2D eigenvalue weighted by Gasteiger charge is -2.35. The standard InChI is InChI=1S/C21H31NO4/c1-15(26-18-8-6-5-7-17(18)21(2,3)4)16-11-13-22(14-12-16)19(23)9-10-20(24)25/h5-8,15-16H,9-14H2,1-4H3,(H,24,25). The zero-order chi connectivity index (χ0) is 19.3. The third kappa shape index (κ3) is 5.48. The zero-order valence-electron chi connectivity index (χ0n) is 16.3. The molecule has 0 bridgehead atoms. The predicted octanol–water partition coefficient (Wildman–Crippen LogP) is 3.85. The Kier molecular flexibility index (Phi) is 6.68. The number of likely N-dealkylation sites (tertiary alicyclic amines) is 1. The van der Waals surface area contributed by atoms with Gasteiger partial charge >= 0.3 is 5.97 Å². The molecule has 2 rings (SSSR count). The SMILES string of the molecule is CC(Oc1ccccc1C(C)(C)C)C1CCN(C(=O)CCC(=O)O)CC1. The molecule has 1 heterocycles. The van der Waals surface area contributed by atoms with E-state index in [0.29, 0.717) is 19.0 Å². The number of amides is 1. The highest BCUT2D eigenvalue weighted by Crippen LogP contribution is 2.33. The lowest BCUT2D eigenvalue weighted by molar-refractivity contribution is -0.141. The molecule has 1 N–H and O–H groups in total. The normalized spacial score (nSPS) is 17.0. The summed E-state index contributed by atoms with van der Waals surface area (Å²) in [5.74, 6) is 0.351. The van der Waals surface area contributed by atoms with Crippen molar-refractivity contribution in [2.75, 3.05) is 13.1 Å². The van der Waals surface area contributed by atoms with Gasteiger partial charge in [-0.05, 0) is 42.7 Å². The molecule has 1 aliphatic rings. The molecule has 5 heteroatoms. The van der Waals surface area contributed by atoms with Crippen molar-refractivity contribution in [2.45, 2.75) is 64.9 Å². The number of benzene rings is 1. The van der Waals surface area contributed by atoms with E-state index in [-0.39, 0.29) is 30.3 Å². The molecule has 5 nitrogen and oxygen atoms in total. The fraction of sp³-hybridized carbons (Fsp3) is 0.619. The van der Waals surface area contributed by atoms with Crippen LogP contribution in [-0.2, 0) is 15.0 Å². The van der Waals surface area contributed by atoms with Crippen LogP contribution in [0.1, 0.15) is 58.9 Å². The molecule has 1 fully saturated rings. The van der Waals surface area contributed by atoms with Gasteiger partial charge in [-0.3, -0.25) is 9.59 Å². The van der Waals surface area contributed by atoms with Crippen molar-refractivity contribution in [1.29, 1.82) is 0 Å². The summed E-state index contributed by atoms with van der Waals surface area (Å²) in [6.45, 7) is 10.0. The number of carbonyl (C=O) groups excluding carboxylic acids is 1. The van der Waals surface area contributed by atoms with E-state index >= 15 is 0 Å². The number of carboxylic acids is 1. The molecular weight excluding hydrogens is 330 g/mol. The summed E-state index contributed by atoms with van der Waals surface area (Å²) in [4.78, 5) is 24.5. The topological polar surface area (TPSA) is 66.8 Å². The molecule has 0 aliphatic carbocycles. The minimum atomic E-state index is -0.923. The third-order valence-electron chi connectivity index (χ3n) is 5.12. The predicted molar refractivity (Wildman–Crippen MR) is 101 cm³/mol. The van der Waals surface area contributed by atoms with Gasteiger partial charge in [-0.25, -0.2) is 0 Å². The van der Waals surface area contributed by atoms with Gasteiger partial charge < -0.3 is 14.7 Å². The van der Waals surface area contributed by atoms with Crippen LogP contribution in [0.5, 0.6) is 5.75 Å². The summed E-state index contributed by atoms with van der Waals surface area (Å²) < 4.78 is 6.30. The smallest absolute Gasteiger partial charge is 0.303 e. The van der Waals surface area contributed by atoms with Crippen LogP contribution in [0.15, 0.2) is 24.3 Å². The largest absolute Gasteiger partial charge is 0.490 e. The molecule has 1 aromatic rings. The Balaban J connectivity index is 1.90. The molecule has 0 saturated carbocycles. The zero-order valence-corrected chi connectivity index (χ0v) is 16.3. The van der Waals surface area contributed by atoms with E-state index in [0.717, 1.165) is 18.6 Å². The quantitative estimate of drug-likeness (QED) is 0.835. The van der Waals surface area contributed by atoms with Crippen LogP contribution in [-0.4, -0.2) is 41.1 Å². The van der Waals surface area contributed by atoms with Gasteiger partial charge in [0.25, 0.3) is 0 Å². The van der Waals surface area contributed by atoms with Gasteiger partial charge in [0.15, 0.2) is 0 Å². The second-order valence-electron chi connectivity index (χ2n) is 8.18. The van der Waals surface area contributed by atoms with Gasteiger partial charge in [0.1, 0.15) is 5.75 Å². The number of hydrogen-bond donors (Lipinski definition) is 1. The molecule has 1 saturated heterocycles. The summed E-state index contributed by atoms with van der Waals surface area (Å²) in [5, 5.41) is 8.71. The van der Waals surface area contributed by atoms with Crippen molar-refractivity contribution in [3.63, 3.8) is 0 Å². The summed E-state index contributed by atoms with van der Waals surface area (Å²) in [7, 11) is 0. The minimum absolute atomic E-state index is 0.0240. The Morgan fingerprint density at radius 1 is 1.19 bits per heavy atom. The first-order valence-electron chi connectivity index (χ1n) is 9.44. The molecule has 0 spiro atoms. The van der Waals surface area contributed by atoms with Crippen LogP contribution in [0.25, 0.3) is 0 Å². The molecule has 0 aromatic heterocycles. The van der Waals surface area contributed by atoms with Crippen LogP contribution >= 0.6 is 0 Å². The Morgan fingerprint density at radius 3 is 2.38 bits per heavy atom. The van der Waals surface area contributed by atoms with Crippen molar-refractivity contribution < 1.29 is 19.4 Å². The van der Waals surface area contributed by atoms with Gasteiger partial charge in [0, 0.05) is 19.5 Å². The van der Waals surface area contributed by atoms with Gasteiger partial charge in [0.2, 0.25) is 5.91 Å². The number of ether oxygens (including phenoxy) is 1. The lowest BCUT2D eigenvalue weighted by atomic mass is 9.86. The third-order valence-corrected chi connectivity index (χ3v) is 5.12. The fourth-order valence-electron chi connectivity index (χ4n) is 3.48. The van der Waals surface area contributed by atoms with E-state index in [1.165, 1.54) is 5.56 Å². The van der Waals surface area contributed by atoms with Crippen molar-refractivity contribution in [3.8, 4) is 5.75 Å². The molecule has 1 amide bonds. The van der Waals surface area contributed by atoms with Crippen LogP contribution in [0.2, 0.25) is 0 Å². The highest BCUT2D eigenvalue weighted by Gasteiger charge is 2.28. The molecule has 0 radical (unpaired) electrons. The first-order valence-corrected chi connectivity index (χ1v) is 9.44. The number of piperidine rings is 1. The van der Waals surface area contributed by atoms with E-state index in [4.69, 9.17) is 9.84 Å². The maximum absolute atomic E-state index is 12.1. The Bertz CT molecular complexity index is 627. The number of aliphatic carboxylic acids is 1. The van der Waals surface area contributed by atoms with Crippen molar-refractivity contribution >= 4 is 11.9 Å². The van der Waals surface area contributed by atoms with E-state index < -0.39 is 5.97 Å². The number of para-hydroxylation sites is 1. The molecule has 26 heavy (non-hydrogen) atoms. The molecule has 144 valence electrons. The monoisotopic (exact) mass is 361 g/mol. The van der Waals surface area contributed by atoms with Crippen molar-refractivity contribution in [1.82, 2.24) is 4.90 Å². The molecule has 1 aliphatic heterocycles. The maximum Gasteiger partial charge on any atom is 0.303 e. The number of carboxylic acid groups (broad SMARTS) is 1. The average Bonchev–Trinajstić information content (AvgIpc) is 2.59. The minimum Gasteiger partial charge on any atom is -0.490 e. The second-order valence-corrected chi connectivity index (χ2v) is 8.18. The Morgan fingerprint density at radius 2 is 1.81 bits per heavy atom. The highest BCUT2D eigenvalue weighted by atomic mass is 16.5. The summed E-state index contributed by atoms with van der Waals surface area (Å²) >= 11 is 0. The number of carbonyl (C=O) groups is 2. The molecule has 1 atom stereocenters. The number of rotatable bonds is 6. The molecule has 1 unspecified atom stereocenters. The fourth-order valence-corrected chi connectivity index (χ4v) is 3.48. The average molecular weight is 361 g/mol. The van der Waals surface area contributed by atoms with Gasteiger partial charge in [-0.1, -0.05) is 39.0 Å². The Hall–Kier alpha value is -2.04. The Labute approximate surface area is 156 Å². The van der Waals surface area contributed by atoms with Gasteiger partial charge in [-0.2, -0.15) is 0 Å². The van der Waals surface area contributed by atoms with Crippen LogP contribution < -0.4 is 4.74 Å². The number of hydrogen-bond acceptors (Lipinski definition) is 3. The van der Waals surface area contributed by atoms with E-state index in [2.05, 4.69) is 33.8 Å². The maximum atomic E-state index is 12.1. The summed E-state index contributed by atoms with van der Waals surface area (Å²) in [6.07, 6.45) is 1.84. The molecular formula is C21H31NO4. The first kappa shape index (κ1) is 20.3. The van der Waals surface area contributed by atoms with Crippen molar-refractivity contribution in [3.05, 3.63) is 29.8 Å². The van der Waals surface area contributed by atoms with Gasteiger partial charge in [-0.15, -0.1) is 0 Å². The summed E-state index contributed by atoms with van der Waals surface area (Å²) in [5.41, 5.74) is 1.23. The van der Waals surface area contributed by atoms with Crippen LogP contribution in [0.4, 0.5) is 0 Å². The van der Waals surface area contributed by atoms with Gasteiger partial charge in [0.05, 0.1) is 12.5 Å². The van der Waals surface area contributed by atoms with E-state index in [9.17, 15) is 9.59 Å². The highest BCUT2D eigenvalue weighted by molar-refractivity contribution is 5.80. The first-order chi connectivity index (χ1) is 12.2. The second kappa shape index (κ2) is 8.56. The lowest BCUT2D eigenvalue weighted by Crippen LogP contribution is -2.42. The number of nitrogens with zero attached hydrogens (tertiary/aromatic N) is 1. The van der Waals surface area contributed by atoms with Crippen LogP contribution in [0.3, 0.4) is 0 Å². The molecule has 1 aromatic carbocycles. The van der Waals surface area contributed by atoms with E-state index in [1.54, 1.807) is 4.90 Å². The van der Waals surface area contributed by atoms with Crippen molar-refractivity contribution in [2.24, 2.45) is 5.92 Å². The summed E-state index contributed by atoms with van der Waals surface area (Å²) in [6, 6.07) is 8.19.